The molecule has 1 aliphatic rings. The van der Waals surface area contributed by atoms with E-state index >= 15 is 0 Å². The Labute approximate surface area is 172 Å². The van der Waals surface area contributed by atoms with Crippen LogP contribution in [0.3, 0.4) is 0 Å². The zero-order valence-electron chi connectivity index (χ0n) is 17.7. The lowest BCUT2D eigenvalue weighted by molar-refractivity contribution is 0.0792. The zero-order chi connectivity index (χ0) is 20.4. The minimum atomic E-state index is 0.147. The van der Waals surface area contributed by atoms with Gasteiger partial charge in [0.25, 0.3) is 5.91 Å². The number of rotatable bonds is 6. The van der Waals surface area contributed by atoms with Crippen LogP contribution >= 0.6 is 0 Å². The van der Waals surface area contributed by atoms with Crippen molar-refractivity contribution in [2.24, 2.45) is 0 Å². The van der Waals surface area contributed by atoms with Gasteiger partial charge in [-0.25, -0.2) is 4.98 Å². The second-order valence-corrected chi connectivity index (χ2v) is 8.06. The summed E-state index contributed by atoms with van der Waals surface area (Å²) >= 11 is 0. The van der Waals surface area contributed by atoms with Crippen LogP contribution in [0, 0.1) is 13.8 Å². The Kier molecular flexibility index (Phi) is 5.56. The van der Waals surface area contributed by atoms with Gasteiger partial charge in [-0.2, -0.15) is 0 Å². The Morgan fingerprint density at radius 1 is 1.14 bits per heavy atom. The average molecular weight is 391 g/mol. The first kappa shape index (κ1) is 19.5. The maximum absolute atomic E-state index is 12.8. The third kappa shape index (κ3) is 3.86. The monoisotopic (exact) mass is 390 g/mol. The molecule has 1 fully saturated rings. The molecule has 0 atom stereocenters. The van der Waals surface area contributed by atoms with Crippen LogP contribution in [0.4, 0.5) is 11.5 Å². The number of likely N-dealkylation sites (tertiary alicyclic amines) is 1. The molecular formula is C24H30N4O. The number of benzene rings is 1. The largest absolute Gasteiger partial charge is 0.347 e. The zero-order valence-corrected chi connectivity index (χ0v) is 17.7. The number of fused-ring (bicyclic) bond motifs is 1. The van der Waals surface area contributed by atoms with Crippen LogP contribution in [0.15, 0.2) is 36.7 Å². The molecule has 0 saturated carbocycles. The number of hydrogen-bond donors (Lipinski definition) is 1. The number of anilines is 2. The fraction of sp³-hybridized carbons (Fsp3) is 0.417. The Balaban J connectivity index is 1.63. The van der Waals surface area contributed by atoms with Crippen LogP contribution in [0.5, 0.6) is 0 Å². The summed E-state index contributed by atoms with van der Waals surface area (Å²) in [5, 5.41) is 4.66. The van der Waals surface area contributed by atoms with E-state index in [0.717, 1.165) is 66.1 Å². The van der Waals surface area contributed by atoms with Gasteiger partial charge >= 0.3 is 0 Å². The van der Waals surface area contributed by atoms with Crippen LogP contribution in [-0.2, 0) is 6.54 Å². The van der Waals surface area contributed by atoms with Crippen LogP contribution < -0.4 is 5.32 Å². The molecule has 1 N–H and O–H groups in total. The quantitative estimate of drug-likeness (QED) is 0.610. The van der Waals surface area contributed by atoms with E-state index in [1.54, 1.807) is 0 Å². The SMILES string of the molecule is CCCCn1ccc2c(Nc3c(C)cc(C(=O)N4CCCC4)cc3C)nccc21. The molecule has 0 aliphatic carbocycles. The number of hydrogen-bond acceptors (Lipinski definition) is 3. The molecule has 3 aromatic rings. The highest BCUT2D eigenvalue weighted by molar-refractivity contribution is 5.96. The molecule has 4 rings (SSSR count). The lowest BCUT2D eigenvalue weighted by Crippen LogP contribution is -2.27. The minimum absolute atomic E-state index is 0.147. The lowest BCUT2D eigenvalue weighted by atomic mass is 10.0. The number of pyridine rings is 1. The van der Waals surface area contributed by atoms with E-state index in [1.807, 2.05) is 23.2 Å². The van der Waals surface area contributed by atoms with Crippen molar-refractivity contribution in [3.63, 3.8) is 0 Å². The highest BCUT2D eigenvalue weighted by Gasteiger charge is 2.21. The number of nitrogens with one attached hydrogen (secondary N) is 1. The molecule has 5 heteroatoms. The third-order valence-electron chi connectivity index (χ3n) is 5.87. The number of aromatic nitrogens is 2. The van der Waals surface area contributed by atoms with Crippen molar-refractivity contribution in [3.05, 3.63) is 53.3 Å². The number of unbranched alkanes of at least 4 members (excludes halogenated alkanes) is 1. The van der Waals surface area contributed by atoms with E-state index in [0.29, 0.717) is 0 Å². The summed E-state index contributed by atoms with van der Waals surface area (Å²) in [7, 11) is 0. The van der Waals surface area contributed by atoms with Crippen molar-refractivity contribution in [2.75, 3.05) is 18.4 Å². The number of carbonyl (C=O) groups excluding carboxylic acids is 1. The first-order chi connectivity index (χ1) is 14.1. The van der Waals surface area contributed by atoms with E-state index < -0.39 is 0 Å². The number of aryl methyl sites for hydroxylation is 3. The summed E-state index contributed by atoms with van der Waals surface area (Å²) in [4.78, 5) is 19.3. The van der Waals surface area contributed by atoms with Crippen molar-refractivity contribution in [1.29, 1.82) is 0 Å². The van der Waals surface area contributed by atoms with Gasteiger partial charge in [-0.1, -0.05) is 13.3 Å². The molecule has 1 aromatic carbocycles. The highest BCUT2D eigenvalue weighted by atomic mass is 16.2. The summed E-state index contributed by atoms with van der Waals surface area (Å²) in [5.74, 6) is 1.01. The Morgan fingerprint density at radius 2 is 1.86 bits per heavy atom. The molecule has 1 saturated heterocycles. The number of carbonyl (C=O) groups is 1. The Bertz CT molecular complexity index is 1010. The van der Waals surface area contributed by atoms with E-state index in [2.05, 4.69) is 54.0 Å². The van der Waals surface area contributed by atoms with E-state index in [9.17, 15) is 4.79 Å². The maximum atomic E-state index is 12.8. The fourth-order valence-corrected chi connectivity index (χ4v) is 4.25. The molecule has 1 amide bonds. The summed E-state index contributed by atoms with van der Waals surface area (Å²) in [5.41, 5.74) is 5.15. The Hall–Kier alpha value is -2.82. The molecule has 0 radical (unpaired) electrons. The number of amides is 1. The van der Waals surface area contributed by atoms with Crippen molar-refractivity contribution in [2.45, 2.75) is 53.0 Å². The molecule has 29 heavy (non-hydrogen) atoms. The predicted octanol–water partition coefficient (Wildman–Crippen LogP) is 5.43. The normalized spacial score (nSPS) is 14.0. The average Bonchev–Trinajstić information content (AvgIpc) is 3.39. The van der Waals surface area contributed by atoms with E-state index in [4.69, 9.17) is 0 Å². The van der Waals surface area contributed by atoms with E-state index in [-0.39, 0.29) is 5.91 Å². The van der Waals surface area contributed by atoms with Gasteiger partial charge in [0.05, 0.1) is 5.52 Å². The van der Waals surface area contributed by atoms with Gasteiger partial charge in [-0.3, -0.25) is 4.79 Å². The van der Waals surface area contributed by atoms with Crippen molar-refractivity contribution in [3.8, 4) is 0 Å². The van der Waals surface area contributed by atoms with Gasteiger partial charge in [-0.15, -0.1) is 0 Å². The van der Waals surface area contributed by atoms with Gasteiger partial charge < -0.3 is 14.8 Å². The Morgan fingerprint density at radius 3 is 2.55 bits per heavy atom. The topological polar surface area (TPSA) is 50.2 Å². The molecule has 0 unspecified atom stereocenters. The van der Waals surface area contributed by atoms with Crippen LogP contribution in [0.2, 0.25) is 0 Å². The van der Waals surface area contributed by atoms with E-state index in [1.165, 1.54) is 18.4 Å². The molecule has 3 heterocycles. The molecule has 0 bridgehead atoms. The van der Waals surface area contributed by atoms with Crippen LogP contribution in [-0.4, -0.2) is 33.4 Å². The summed E-state index contributed by atoms with van der Waals surface area (Å²) in [6.07, 6.45) is 8.57. The van der Waals surface area contributed by atoms with Gasteiger partial charge in [0.1, 0.15) is 5.82 Å². The minimum Gasteiger partial charge on any atom is -0.347 e. The highest BCUT2D eigenvalue weighted by Crippen LogP contribution is 2.30. The first-order valence-electron chi connectivity index (χ1n) is 10.7. The standard InChI is InChI=1S/C24H30N4O/c1-4-5-11-27-14-9-20-21(27)8-10-25-23(20)26-22-17(2)15-19(16-18(22)3)24(29)28-12-6-7-13-28/h8-10,14-16H,4-7,11-13H2,1-3H3,(H,25,26). The van der Waals surface area contributed by atoms with Gasteiger partial charge in [0, 0.05) is 48.7 Å². The van der Waals surface area contributed by atoms with Gasteiger partial charge in [-0.05, 0) is 68.5 Å². The van der Waals surface area contributed by atoms with Gasteiger partial charge in [0.2, 0.25) is 0 Å². The second-order valence-electron chi connectivity index (χ2n) is 8.06. The number of nitrogens with zero attached hydrogens (tertiary/aromatic N) is 3. The molecule has 5 nitrogen and oxygen atoms in total. The smallest absolute Gasteiger partial charge is 0.253 e. The molecule has 152 valence electrons. The predicted molar refractivity (Wildman–Crippen MR) is 119 cm³/mol. The van der Waals surface area contributed by atoms with Crippen molar-refractivity contribution in [1.82, 2.24) is 14.5 Å². The summed E-state index contributed by atoms with van der Waals surface area (Å²) in [6, 6.07) is 8.22. The fourth-order valence-electron chi connectivity index (χ4n) is 4.25. The maximum Gasteiger partial charge on any atom is 0.253 e. The first-order valence-corrected chi connectivity index (χ1v) is 10.7. The van der Waals surface area contributed by atoms with Gasteiger partial charge in [0.15, 0.2) is 0 Å². The van der Waals surface area contributed by atoms with Crippen molar-refractivity contribution < 1.29 is 4.79 Å². The summed E-state index contributed by atoms with van der Waals surface area (Å²) in [6.45, 7) is 9.10. The molecule has 2 aromatic heterocycles. The summed E-state index contributed by atoms with van der Waals surface area (Å²) < 4.78 is 2.29. The van der Waals surface area contributed by atoms with Crippen molar-refractivity contribution >= 4 is 28.3 Å². The third-order valence-corrected chi connectivity index (χ3v) is 5.87. The molecular weight excluding hydrogens is 360 g/mol. The molecule has 0 spiro atoms. The lowest BCUT2D eigenvalue weighted by Gasteiger charge is -2.18. The van der Waals surface area contributed by atoms with Crippen LogP contribution in [0.1, 0.15) is 54.1 Å². The second kappa shape index (κ2) is 8.27. The molecule has 1 aliphatic heterocycles. The van der Waals surface area contributed by atoms with Crippen LogP contribution in [0.25, 0.3) is 10.9 Å².